The van der Waals surface area contributed by atoms with Crippen LogP contribution in [-0.2, 0) is 24.2 Å². The Balaban J connectivity index is 1.91. The Morgan fingerprint density at radius 1 is 1.26 bits per heavy atom. The van der Waals surface area contributed by atoms with Crippen molar-refractivity contribution in [2.45, 2.75) is 26.3 Å². The summed E-state index contributed by atoms with van der Waals surface area (Å²) in [6, 6.07) is 14.1. The van der Waals surface area contributed by atoms with Gasteiger partial charge in [0.1, 0.15) is 11.5 Å². The van der Waals surface area contributed by atoms with Crippen LogP contribution in [0.2, 0.25) is 0 Å². The average molecular weight is 307 g/mol. The van der Waals surface area contributed by atoms with E-state index in [4.69, 9.17) is 4.74 Å². The summed E-state index contributed by atoms with van der Waals surface area (Å²) in [7, 11) is 0. The third-order valence-corrected chi connectivity index (χ3v) is 4.23. The Hall–Kier alpha value is -2.55. The molecule has 2 aromatic carbocycles. The van der Waals surface area contributed by atoms with Crippen molar-refractivity contribution in [3.05, 3.63) is 71.8 Å². The number of para-hydroxylation sites is 1. The van der Waals surface area contributed by atoms with Crippen molar-refractivity contribution in [3.8, 4) is 11.5 Å². The fourth-order valence-corrected chi connectivity index (χ4v) is 2.94. The maximum absolute atomic E-state index is 11.9. The number of carbonyl (C=O) groups excluding carboxylic acids is 1. The van der Waals surface area contributed by atoms with Crippen molar-refractivity contribution < 1.29 is 9.53 Å². The quantitative estimate of drug-likeness (QED) is 0.796. The van der Waals surface area contributed by atoms with E-state index in [2.05, 4.69) is 25.6 Å². The van der Waals surface area contributed by atoms with Crippen molar-refractivity contribution in [1.82, 2.24) is 4.90 Å². The first-order valence-electron chi connectivity index (χ1n) is 8.00. The number of aryl methyl sites for hydroxylation is 1. The molecule has 0 aromatic heterocycles. The SMILES string of the molecule is C=CC(=O)N1CCc2cc(CC)c(Oc3ccccc3)cc2C1. The molecule has 0 N–H and O–H groups in total. The number of nitrogens with zero attached hydrogens (tertiary/aromatic N) is 1. The van der Waals surface area contributed by atoms with E-state index in [9.17, 15) is 4.79 Å². The van der Waals surface area contributed by atoms with E-state index < -0.39 is 0 Å². The Morgan fingerprint density at radius 2 is 2.04 bits per heavy atom. The smallest absolute Gasteiger partial charge is 0.246 e. The third kappa shape index (κ3) is 3.29. The van der Waals surface area contributed by atoms with Gasteiger partial charge in [-0.25, -0.2) is 0 Å². The predicted octanol–water partition coefficient (Wildman–Crippen LogP) is 4.11. The van der Waals surface area contributed by atoms with Crippen molar-refractivity contribution in [2.75, 3.05) is 6.54 Å². The van der Waals surface area contributed by atoms with Crippen LogP contribution in [-0.4, -0.2) is 17.4 Å². The summed E-state index contributed by atoms with van der Waals surface area (Å²) in [5.74, 6) is 1.70. The highest BCUT2D eigenvalue weighted by Gasteiger charge is 2.21. The van der Waals surface area contributed by atoms with E-state index >= 15 is 0 Å². The van der Waals surface area contributed by atoms with Gasteiger partial charge in [-0.05, 0) is 53.8 Å². The molecule has 0 saturated carbocycles. The van der Waals surface area contributed by atoms with E-state index in [0.29, 0.717) is 6.54 Å². The summed E-state index contributed by atoms with van der Waals surface area (Å²) in [5, 5.41) is 0. The van der Waals surface area contributed by atoms with Gasteiger partial charge in [0.25, 0.3) is 0 Å². The molecule has 3 heteroatoms. The molecule has 23 heavy (non-hydrogen) atoms. The molecule has 0 spiro atoms. The summed E-state index contributed by atoms with van der Waals surface area (Å²) in [6.45, 7) is 7.08. The van der Waals surface area contributed by atoms with Gasteiger partial charge in [0, 0.05) is 13.1 Å². The number of hydrogen-bond donors (Lipinski definition) is 0. The van der Waals surface area contributed by atoms with E-state index in [1.807, 2.05) is 35.2 Å². The van der Waals surface area contributed by atoms with Gasteiger partial charge < -0.3 is 9.64 Å². The standard InChI is InChI=1S/C20H21NO2/c1-3-15-12-16-10-11-21(20(22)4-2)14-17(16)13-19(15)23-18-8-6-5-7-9-18/h4-9,12-13H,2-3,10-11,14H2,1H3. The maximum atomic E-state index is 11.9. The molecule has 0 aliphatic carbocycles. The van der Waals surface area contributed by atoms with E-state index in [1.54, 1.807) is 0 Å². The Morgan fingerprint density at radius 3 is 2.74 bits per heavy atom. The van der Waals surface area contributed by atoms with Crippen molar-refractivity contribution in [3.63, 3.8) is 0 Å². The van der Waals surface area contributed by atoms with E-state index in [1.165, 1.54) is 17.2 Å². The first-order valence-corrected chi connectivity index (χ1v) is 8.00. The fourth-order valence-electron chi connectivity index (χ4n) is 2.94. The molecule has 1 heterocycles. The molecular formula is C20H21NO2. The Bertz CT molecular complexity index is 722. The molecule has 118 valence electrons. The number of carbonyl (C=O) groups is 1. The lowest BCUT2D eigenvalue weighted by Crippen LogP contribution is -2.34. The van der Waals surface area contributed by atoms with Crippen LogP contribution in [0.25, 0.3) is 0 Å². The van der Waals surface area contributed by atoms with Crippen molar-refractivity contribution in [1.29, 1.82) is 0 Å². The molecular weight excluding hydrogens is 286 g/mol. The summed E-state index contributed by atoms with van der Waals surface area (Å²) in [6.07, 6.45) is 3.19. The van der Waals surface area contributed by atoms with Crippen LogP contribution in [0.3, 0.4) is 0 Å². The number of benzene rings is 2. The predicted molar refractivity (Wildman–Crippen MR) is 91.7 cm³/mol. The normalized spacial score (nSPS) is 13.3. The zero-order valence-corrected chi connectivity index (χ0v) is 13.4. The Labute approximate surface area is 137 Å². The van der Waals surface area contributed by atoms with Crippen LogP contribution in [0.4, 0.5) is 0 Å². The molecule has 0 fully saturated rings. The molecule has 1 aliphatic rings. The highest BCUT2D eigenvalue weighted by Crippen LogP contribution is 2.31. The lowest BCUT2D eigenvalue weighted by Gasteiger charge is -2.29. The van der Waals surface area contributed by atoms with Crippen molar-refractivity contribution in [2.24, 2.45) is 0 Å². The van der Waals surface area contributed by atoms with Crippen LogP contribution in [0.15, 0.2) is 55.1 Å². The highest BCUT2D eigenvalue weighted by molar-refractivity contribution is 5.87. The lowest BCUT2D eigenvalue weighted by molar-refractivity contribution is -0.126. The highest BCUT2D eigenvalue weighted by atomic mass is 16.5. The number of hydrogen-bond acceptors (Lipinski definition) is 2. The summed E-state index contributed by atoms with van der Waals surface area (Å²) < 4.78 is 6.06. The number of fused-ring (bicyclic) bond motifs is 1. The van der Waals surface area contributed by atoms with Gasteiger partial charge in [0.15, 0.2) is 0 Å². The molecule has 1 amide bonds. The zero-order chi connectivity index (χ0) is 16.2. The fraction of sp³-hybridized carbons (Fsp3) is 0.250. The molecule has 0 unspecified atom stereocenters. The Kier molecular flexibility index (Phi) is 4.47. The average Bonchev–Trinajstić information content (AvgIpc) is 2.60. The summed E-state index contributed by atoms with van der Waals surface area (Å²) >= 11 is 0. The minimum atomic E-state index is -0.0132. The zero-order valence-electron chi connectivity index (χ0n) is 13.4. The lowest BCUT2D eigenvalue weighted by atomic mass is 9.95. The van der Waals surface area contributed by atoms with Crippen LogP contribution in [0, 0.1) is 0 Å². The second kappa shape index (κ2) is 6.69. The molecule has 3 nitrogen and oxygen atoms in total. The van der Waals surface area contributed by atoms with Crippen LogP contribution >= 0.6 is 0 Å². The van der Waals surface area contributed by atoms with Gasteiger partial charge in [-0.3, -0.25) is 4.79 Å². The second-order valence-corrected chi connectivity index (χ2v) is 5.71. The maximum Gasteiger partial charge on any atom is 0.246 e. The molecule has 0 bridgehead atoms. The minimum absolute atomic E-state index is 0.0132. The van der Waals surface area contributed by atoms with Gasteiger partial charge in [-0.2, -0.15) is 0 Å². The third-order valence-electron chi connectivity index (χ3n) is 4.23. The van der Waals surface area contributed by atoms with Gasteiger partial charge in [0.2, 0.25) is 5.91 Å². The van der Waals surface area contributed by atoms with Crippen LogP contribution in [0.1, 0.15) is 23.6 Å². The number of ether oxygens (including phenoxy) is 1. The first-order chi connectivity index (χ1) is 11.2. The molecule has 3 rings (SSSR count). The van der Waals surface area contributed by atoms with E-state index in [0.717, 1.165) is 36.4 Å². The summed E-state index contributed by atoms with van der Waals surface area (Å²) in [4.78, 5) is 13.7. The molecule has 2 aromatic rings. The van der Waals surface area contributed by atoms with Gasteiger partial charge >= 0.3 is 0 Å². The first kappa shape index (κ1) is 15.3. The van der Waals surface area contributed by atoms with Gasteiger partial charge in [-0.1, -0.05) is 37.8 Å². The second-order valence-electron chi connectivity index (χ2n) is 5.71. The van der Waals surface area contributed by atoms with Crippen LogP contribution in [0.5, 0.6) is 11.5 Å². The number of rotatable bonds is 4. The topological polar surface area (TPSA) is 29.5 Å². The summed E-state index contributed by atoms with van der Waals surface area (Å²) in [5.41, 5.74) is 3.68. The molecule has 0 atom stereocenters. The molecule has 1 aliphatic heterocycles. The van der Waals surface area contributed by atoms with Gasteiger partial charge in [-0.15, -0.1) is 0 Å². The monoisotopic (exact) mass is 307 g/mol. The molecule has 0 radical (unpaired) electrons. The van der Waals surface area contributed by atoms with Crippen LogP contribution < -0.4 is 4.74 Å². The van der Waals surface area contributed by atoms with Crippen molar-refractivity contribution >= 4 is 5.91 Å². The molecule has 0 saturated heterocycles. The largest absolute Gasteiger partial charge is 0.457 e. The minimum Gasteiger partial charge on any atom is -0.457 e. The van der Waals surface area contributed by atoms with Gasteiger partial charge in [0.05, 0.1) is 0 Å². The van der Waals surface area contributed by atoms with E-state index in [-0.39, 0.29) is 5.91 Å². The number of amides is 1.